The zero-order valence-corrected chi connectivity index (χ0v) is 8.81. The fraction of sp³-hybridized carbons (Fsp3) is 0. The summed E-state index contributed by atoms with van der Waals surface area (Å²) in [6.07, 6.45) is 1.45. The van der Waals surface area contributed by atoms with Gasteiger partial charge in [-0.05, 0) is 24.3 Å². The maximum absolute atomic E-state index is 11.7. The third-order valence-electron chi connectivity index (χ3n) is 2.37. The van der Waals surface area contributed by atoms with Crippen molar-refractivity contribution in [1.82, 2.24) is 9.97 Å². The second kappa shape index (κ2) is 3.79. The SMILES string of the molecule is O=C(Nc1nc2ccccc2[nH]1)c1ccco1. The third-order valence-corrected chi connectivity index (χ3v) is 2.37. The molecule has 5 heteroatoms. The second-order valence-corrected chi connectivity index (χ2v) is 3.53. The van der Waals surface area contributed by atoms with Crippen LogP contribution in [0.4, 0.5) is 5.95 Å². The van der Waals surface area contributed by atoms with Gasteiger partial charge in [-0.25, -0.2) is 4.98 Å². The number of nitrogens with one attached hydrogen (secondary N) is 2. The van der Waals surface area contributed by atoms with E-state index < -0.39 is 0 Å². The van der Waals surface area contributed by atoms with Crippen molar-refractivity contribution in [1.29, 1.82) is 0 Å². The van der Waals surface area contributed by atoms with Crippen LogP contribution in [0.3, 0.4) is 0 Å². The second-order valence-electron chi connectivity index (χ2n) is 3.53. The van der Waals surface area contributed by atoms with Gasteiger partial charge < -0.3 is 9.40 Å². The van der Waals surface area contributed by atoms with Crippen LogP contribution in [-0.4, -0.2) is 15.9 Å². The summed E-state index contributed by atoms with van der Waals surface area (Å²) < 4.78 is 4.99. The number of hydrogen-bond donors (Lipinski definition) is 2. The van der Waals surface area contributed by atoms with Gasteiger partial charge in [-0.1, -0.05) is 12.1 Å². The minimum atomic E-state index is -0.325. The van der Waals surface area contributed by atoms with Crippen LogP contribution in [0.1, 0.15) is 10.6 Å². The largest absolute Gasteiger partial charge is 0.459 e. The minimum Gasteiger partial charge on any atom is -0.459 e. The van der Waals surface area contributed by atoms with Gasteiger partial charge in [0.15, 0.2) is 5.76 Å². The molecule has 0 saturated carbocycles. The van der Waals surface area contributed by atoms with Crippen molar-refractivity contribution < 1.29 is 9.21 Å². The Morgan fingerprint density at radius 1 is 1.24 bits per heavy atom. The van der Waals surface area contributed by atoms with E-state index in [-0.39, 0.29) is 11.7 Å². The first-order valence-electron chi connectivity index (χ1n) is 5.12. The minimum absolute atomic E-state index is 0.255. The van der Waals surface area contributed by atoms with Crippen LogP contribution < -0.4 is 5.32 Å². The summed E-state index contributed by atoms with van der Waals surface area (Å²) in [5.41, 5.74) is 1.68. The normalized spacial score (nSPS) is 10.6. The number of aromatic nitrogens is 2. The molecule has 0 spiro atoms. The summed E-state index contributed by atoms with van der Waals surface area (Å²) in [4.78, 5) is 18.9. The molecule has 2 heterocycles. The van der Waals surface area contributed by atoms with Gasteiger partial charge >= 0.3 is 0 Å². The lowest BCUT2D eigenvalue weighted by Gasteiger charge is -1.96. The predicted octanol–water partition coefficient (Wildman–Crippen LogP) is 2.41. The van der Waals surface area contributed by atoms with E-state index in [1.54, 1.807) is 12.1 Å². The summed E-state index contributed by atoms with van der Waals surface area (Å²) in [7, 11) is 0. The molecule has 0 unspecified atom stereocenters. The van der Waals surface area contributed by atoms with Crippen LogP contribution in [0.15, 0.2) is 47.1 Å². The van der Waals surface area contributed by atoms with Gasteiger partial charge in [-0.2, -0.15) is 0 Å². The number of amides is 1. The first-order valence-corrected chi connectivity index (χ1v) is 5.12. The number of hydrogen-bond acceptors (Lipinski definition) is 3. The van der Waals surface area contributed by atoms with E-state index in [1.165, 1.54) is 6.26 Å². The van der Waals surface area contributed by atoms with Crippen molar-refractivity contribution in [3.05, 3.63) is 48.4 Å². The molecule has 5 nitrogen and oxygen atoms in total. The molecule has 0 bridgehead atoms. The predicted molar refractivity (Wildman–Crippen MR) is 62.8 cm³/mol. The van der Waals surface area contributed by atoms with Gasteiger partial charge in [0, 0.05) is 0 Å². The van der Waals surface area contributed by atoms with E-state index in [2.05, 4.69) is 15.3 Å². The van der Waals surface area contributed by atoms with E-state index in [1.807, 2.05) is 24.3 Å². The number of H-pyrrole nitrogens is 1. The lowest BCUT2D eigenvalue weighted by atomic mass is 10.3. The molecule has 2 aromatic heterocycles. The van der Waals surface area contributed by atoms with E-state index >= 15 is 0 Å². The molecule has 0 saturated heterocycles. The quantitative estimate of drug-likeness (QED) is 0.706. The Kier molecular flexibility index (Phi) is 2.15. The Labute approximate surface area is 96.5 Å². The standard InChI is InChI=1S/C12H9N3O2/c16-11(10-6-3-7-17-10)15-12-13-8-4-1-2-5-9(8)14-12/h1-7H,(H2,13,14,15,16). The number of para-hydroxylation sites is 2. The van der Waals surface area contributed by atoms with Crippen molar-refractivity contribution in [2.75, 3.05) is 5.32 Å². The molecule has 17 heavy (non-hydrogen) atoms. The first kappa shape index (κ1) is 9.65. The Balaban J connectivity index is 1.88. The highest BCUT2D eigenvalue weighted by atomic mass is 16.3. The molecular weight excluding hydrogens is 218 g/mol. The highest BCUT2D eigenvalue weighted by Crippen LogP contribution is 2.14. The van der Waals surface area contributed by atoms with Crippen molar-refractivity contribution in [2.45, 2.75) is 0 Å². The van der Waals surface area contributed by atoms with Crippen LogP contribution in [0, 0.1) is 0 Å². The number of imidazole rings is 1. The summed E-state index contributed by atoms with van der Waals surface area (Å²) in [5.74, 6) is 0.340. The molecule has 1 aromatic carbocycles. The number of nitrogens with zero attached hydrogens (tertiary/aromatic N) is 1. The highest BCUT2D eigenvalue weighted by molar-refractivity contribution is 6.01. The van der Waals surface area contributed by atoms with Gasteiger partial charge in [-0.15, -0.1) is 0 Å². The summed E-state index contributed by atoms with van der Waals surface area (Å²) >= 11 is 0. The molecule has 0 fully saturated rings. The molecule has 0 aliphatic heterocycles. The monoisotopic (exact) mass is 227 g/mol. The lowest BCUT2D eigenvalue weighted by molar-refractivity contribution is 0.0996. The van der Waals surface area contributed by atoms with E-state index in [0.29, 0.717) is 5.95 Å². The van der Waals surface area contributed by atoms with Crippen LogP contribution in [0.5, 0.6) is 0 Å². The van der Waals surface area contributed by atoms with Crippen LogP contribution >= 0.6 is 0 Å². The van der Waals surface area contributed by atoms with Gasteiger partial charge in [0.05, 0.1) is 17.3 Å². The number of benzene rings is 1. The van der Waals surface area contributed by atoms with E-state index in [4.69, 9.17) is 4.42 Å². The Bertz CT molecular complexity index is 622. The van der Waals surface area contributed by atoms with Crippen LogP contribution in [-0.2, 0) is 0 Å². The summed E-state index contributed by atoms with van der Waals surface area (Å²) in [6.45, 7) is 0. The molecule has 84 valence electrons. The van der Waals surface area contributed by atoms with Gasteiger partial charge in [0.1, 0.15) is 0 Å². The van der Waals surface area contributed by atoms with Crippen molar-refractivity contribution in [3.63, 3.8) is 0 Å². The van der Waals surface area contributed by atoms with Crippen molar-refractivity contribution in [3.8, 4) is 0 Å². The average Bonchev–Trinajstić information content (AvgIpc) is 2.97. The number of fused-ring (bicyclic) bond motifs is 1. The lowest BCUT2D eigenvalue weighted by Crippen LogP contribution is -2.11. The van der Waals surface area contributed by atoms with Crippen LogP contribution in [0.25, 0.3) is 11.0 Å². The molecule has 3 aromatic rings. The highest BCUT2D eigenvalue weighted by Gasteiger charge is 2.10. The van der Waals surface area contributed by atoms with Crippen molar-refractivity contribution >= 4 is 22.9 Å². The van der Waals surface area contributed by atoms with E-state index in [0.717, 1.165) is 11.0 Å². The average molecular weight is 227 g/mol. The number of carbonyl (C=O) groups is 1. The summed E-state index contributed by atoms with van der Waals surface area (Å²) in [5, 5.41) is 2.63. The number of anilines is 1. The zero-order chi connectivity index (χ0) is 11.7. The molecule has 1 amide bonds. The zero-order valence-electron chi connectivity index (χ0n) is 8.81. The van der Waals surface area contributed by atoms with E-state index in [9.17, 15) is 4.79 Å². The number of carbonyl (C=O) groups excluding carboxylic acids is 1. The third kappa shape index (κ3) is 1.78. The maximum atomic E-state index is 11.7. The van der Waals surface area contributed by atoms with Gasteiger partial charge in [0.2, 0.25) is 5.95 Å². The Morgan fingerprint density at radius 3 is 2.88 bits per heavy atom. The molecule has 2 N–H and O–H groups in total. The van der Waals surface area contributed by atoms with Crippen molar-refractivity contribution in [2.24, 2.45) is 0 Å². The van der Waals surface area contributed by atoms with Gasteiger partial charge in [-0.3, -0.25) is 10.1 Å². The molecule has 0 aliphatic carbocycles. The first-order chi connectivity index (χ1) is 8.33. The molecular formula is C12H9N3O2. The Morgan fingerprint density at radius 2 is 2.12 bits per heavy atom. The topological polar surface area (TPSA) is 70.9 Å². The van der Waals surface area contributed by atoms with Gasteiger partial charge in [0.25, 0.3) is 5.91 Å². The Hall–Kier alpha value is -2.56. The molecule has 0 aliphatic rings. The fourth-order valence-corrected chi connectivity index (χ4v) is 1.59. The molecule has 0 atom stereocenters. The molecule has 3 rings (SSSR count). The fourth-order valence-electron chi connectivity index (χ4n) is 1.59. The maximum Gasteiger partial charge on any atom is 0.293 e. The summed E-state index contributed by atoms with van der Waals surface area (Å²) in [6, 6.07) is 10.8. The smallest absolute Gasteiger partial charge is 0.293 e. The number of aromatic amines is 1. The number of furan rings is 1. The molecule has 0 radical (unpaired) electrons. The number of rotatable bonds is 2. The van der Waals surface area contributed by atoms with Crippen LogP contribution in [0.2, 0.25) is 0 Å².